The molecule has 38 heavy (non-hydrogen) atoms. The Kier molecular flexibility index (Phi) is 9.82. The van der Waals surface area contributed by atoms with Gasteiger partial charge in [-0.2, -0.15) is 0 Å². The third-order valence-electron chi connectivity index (χ3n) is 5.79. The van der Waals surface area contributed by atoms with E-state index < -0.39 is 41.8 Å². The van der Waals surface area contributed by atoms with Crippen molar-refractivity contribution < 1.29 is 36.6 Å². The smallest absolute Gasteiger partial charge is 0.406 e. The second-order valence-corrected chi connectivity index (χ2v) is 9.02. The molecule has 0 heterocycles. The second-order valence-electron chi connectivity index (χ2n) is 9.02. The molecule has 10 heteroatoms. The maximum absolute atomic E-state index is 13.8. The summed E-state index contributed by atoms with van der Waals surface area (Å²) < 4.78 is 69.6. The fourth-order valence-electron chi connectivity index (χ4n) is 4.06. The van der Waals surface area contributed by atoms with Crippen LogP contribution in [0, 0.1) is 18.6 Å². The predicted octanol–water partition coefficient (Wildman–Crippen LogP) is 5.23. The molecule has 5 nitrogen and oxygen atoms in total. The largest absolute Gasteiger partial charge is 0.573 e. The predicted molar refractivity (Wildman–Crippen MR) is 133 cm³/mol. The van der Waals surface area contributed by atoms with Gasteiger partial charge < -0.3 is 20.5 Å². The molecule has 3 aromatic carbocycles. The monoisotopic (exact) mass is 536 g/mol. The van der Waals surface area contributed by atoms with E-state index in [1.807, 2.05) is 31.2 Å². The molecule has 0 spiro atoms. The van der Waals surface area contributed by atoms with Crippen LogP contribution in [-0.4, -0.2) is 36.1 Å². The Morgan fingerprint density at radius 3 is 2.32 bits per heavy atom. The van der Waals surface area contributed by atoms with Crippen LogP contribution in [0.15, 0.2) is 60.7 Å². The Balaban J connectivity index is 1.77. The van der Waals surface area contributed by atoms with Gasteiger partial charge in [-0.1, -0.05) is 31.2 Å². The third kappa shape index (κ3) is 9.11. The molecule has 0 saturated heterocycles. The van der Waals surface area contributed by atoms with Gasteiger partial charge in [-0.3, -0.25) is 4.79 Å². The first-order valence-corrected chi connectivity index (χ1v) is 12.0. The van der Waals surface area contributed by atoms with Gasteiger partial charge in [-0.15, -0.1) is 13.2 Å². The highest BCUT2D eigenvalue weighted by molar-refractivity contribution is 5.95. The lowest BCUT2D eigenvalue weighted by molar-refractivity contribution is -0.274. The van der Waals surface area contributed by atoms with Crippen molar-refractivity contribution in [2.45, 2.75) is 51.7 Å². The second kappa shape index (κ2) is 12.8. The first-order chi connectivity index (χ1) is 17.9. The number of ether oxygens (including phenoxy) is 1. The Morgan fingerprint density at radius 2 is 1.66 bits per heavy atom. The lowest BCUT2D eigenvalue weighted by Gasteiger charge is -2.25. The average Bonchev–Trinajstić information content (AvgIpc) is 2.81. The van der Waals surface area contributed by atoms with Gasteiger partial charge in [0.05, 0.1) is 12.1 Å². The van der Waals surface area contributed by atoms with Crippen LogP contribution in [0.1, 0.15) is 39.5 Å². The summed E-state index contributed by atoms with van der Waals surface area (Å²) in [6.07, 6.45) is -5.41. The maximum Gasteiger partial charge on any atom is 0.573 e. The number of carbonyl (C=O) groups is 1. The zero-order valence-corrected chi connectivity index (χ0v) is 20.9. The van der Waals surface area contributed by atoms with E-state index in [0.717, 1.165) is 41.8 Å². The quantitative estimate of drug-likeness (QED) is 0.294. The minimum atomic E-state index is -4.94. The van der Waals surface area contributed by atoms with Crippen LogP contribution in [0.5, 0.6) is 5.75 Å². The third-order valence-corrected chi connectivity index (χ3v) is 5.79. The molecule has 204 valence electrons. The Labute approximate surface area is 217 Å². The summed E-state index contributed by atoms with van der Waals surface area (Å²) in [7, 11) is 0. The van der Waals surface area contributed by atoms with Crippen molar-refractivity contribution in [3.05, 3.63) is 100 Å². The van der Waals surface area contributed by atoms with Gasteiger partial charge >= 0.3 is 6.36 Å². The summed E-state index contributed by atoms with van der Waals surface area (Å²) >= 11 is 0. The lowest BCUT2D eigenvalue weighted by Crippen LogP contribution is -2.48. The molecule has 3 rings (SSSR count). The molecule has 3 aromatic rings. The number of aliphatic hydroxyl groups excluding tert-OH is 1. The van der Waals surface area contributed by atoms with E-state index in [0.29, 0.717) is 18.2 Å². The van der Waals surface area contributed by atoms with Crippen molar-refractivity contribution in [2.75, 3.05) is 6.54 Å². The van der Waals surface area contributed by atoms with Crippen molar-refractivity contribution in [1.29, 1.82) is 0 Å². The molecule has 2 unspecified atom stereocenters. The number of amides is 1. The van der Waals surface area contributed by atoms with Crippen molar-refractivity contribution in [3.8, 4) is 5.75 Å². The summed E-state index contributed by atoms with van der Waals surface area (Å²) in [5.74, 6) is -2.98. The fourth-order valence-corrected chi connectivity index (χ4v) is 4.06. The number of halogens is 5. The van der Waals surface area contributed by atoms with Crippen molar-refractivity contribution in [3.63, 3.8) is 0 Å². The Hall–Kier alpha value is -3.50. The number of hydrogen-bond donors (Lipinski definition) is 3. The molecule has 0 aliphatic carbocycles. The van der Waals surface area contributed by atoms with Crippen molar-refractivity contribution in [2.24, 2.45) is 0 Å². The fraction of sp³-hybridized carbons (Fsp3) is 0.321. The number of benzene rings is 3. The van der Waals surface area contributed by atoms with Crippen molar-refractivity contribution >= 4 is 5.91 Å². The summed E-state index contributed by atoms with van der Waals surface area (Å²) in [5, 5.41) is 16.6. The molecule has 2 atom stereocenters. The topological polar surface area (TPSA) is 70.6 Å². The molecule has 0 saturated carbocycles. The minimum absolute atomic E-state index is 0.0232. The standard InChI is InChI=1S/C28H29F5N2O3/c1-3-18-5-4-6-19(9-18)15-34-16-26(36)25(12-20-10-22(29)14-23(30)11-20)35-27(37)21-7-17(2)8-24(13-21)38-28(31,32)33/h4-11,13-14,25-26,34,36H,3,12,15-16H2,1-2H3,(H,35,37). The maximum atomic E-state index is 13.8. The molecule has 0 radical (unpaired) electrons. The van der Waals surface area contributed by atoms with E-state index in [9.17, 15) is 31.9 Å². The van der Waals surface area contributed by atoms with Gasteiger partial charge in [0.2, 0.25) is 0 Å². The molecule has 1 amide bonds. The summed E-state index contributed by atoms with van der Waals surface area (Å²) in [5.41, 5.74) is 2.54. The normalized spacial score (nSPS) is 13.2. The van der Waals surface area contributed by atoms with Crippen LogP contribution in [0.2, 0.25) is 0 Å². The molecule has 0 fully saturated rings. The van der Waals surface area contributed by atoms with Gasteiger partial charge in [-0.25, -0.2) is 8.78 Å². The number of rotatable bonds is 11. The van der Waals surface area contributed by atoms with Crippen LogP contribution in [-0.2, 0) is 19.4 Å². The molecule has 3 N–H and O–H groups in total. The molecule has 0 aromatic heterocycles. The van der Waals surface area contributed by atoms with E-state index in [2.05, 4.69) is 15.4 Å². The number of alkyl halides is 3. The highest BCUT2D eigenvalue weighted by Gasteiger charge is 2.31. The average molecular weight is 537 g/mol. The first kappa shape index (κ1) is 29.1. The van der Waals surface area contributed by atoms with E-state index in [1.165, 1.54) is 13.0 Å². The first-order valence-electron chi connectivity index (χ1n) is 12.0. The van der Waals surface area contributed by atoms with Crippen LogP contribution < -0.4 is 15.4 Å². The highest BCUT2D eigenvalue weighted by Crippen LogP contribution is 2.25. The van der Waals surface area contributed by atoms with Crippen LogP contribution in [0.4, 0.5) is 22.0 Å². The van der Waals surface area contributed by atoms with Gasteiger partial charge in [0.25, 0.3) is 5.91 Å². The van der Waals surface area contributed by atoms with E-state index in [-0.39, 0.29) is 24.1 Å². The number of carbonyl (C=O) groups excluding carboxylic acids is 1. The Morgan fingerprint density at radius 1 is 0.974 bits per heavy atom. The highest BCUT2D eigenvalue weighted by atomic mass is 19.4. The van der Waals surface area contributed by atoms with Crippen LogP contribution >= 0.6 is 0 Å². The lowest BCUT2D eigenvalue weighted by atomic mass is 9.99. The summed E-state index contributed by atoms with van der Waals surface area (Å²) in [6.45, 7) is 3.98. The molecular formula is C28H29F5N2O3. The summed E-state index contributed by atoms with van der Waals surface area (Å²) in [4.78, 5) is 13.0. The zero-order valence-electron chi connectivity index (χ0n) is 20.9. The number of hydrogen-bond acceptors (Lipinski definition) is 4. The Bertz CT molecular complexity index is 1230. The van der Waals surface area contributed by atoms with Gasteiger partial charge in [0.1, 0.15) is 17.4 Å². The SMILES string of the molecule is CCc1cccc(CNCC(O)C(Cc2cc(F)cc(F)c2)NC(=O)c2cc(C)cc(OC(F)(F)F)c2)c1. The van der Waals surface area contributed by atoms with Crippen LogP contribution in [0.25, 0.3) is 0 Å². The number of aryl methyl sites for hydroxylation is 2. The van der Waals surface area contributed by atoms with Gasteiger partial charge in [0.15, 0.2) is 0 Å². The van der Waals surface area contributed by atoms with Crippen LogP contribution in [0.3, 0.4) is 0 Å². The zero-order chi connectivity index (χ0) is 27.9. The minimum Gasteiger partial charge on any atom is -0.406 e. The van der Waals surface area contributed by atoms with Crippen molar-refractivity contribution in [1.82, 2.24) is 10.6 Å². The van der Waals surface area contributed by atoms with E-state index >= 15 is 0 Å². The molecule has 0 bridgehead atoms. The van der Waals surface area contributed by atoms with Gasteiger partial charge in [-0.05, 0) is 72.4 Å². The van der Waals surface area contributed by atoms with Gasteiger partial charge in [0, 0.05) is 24.7 Å². The summed E-state index contributed by atoms with van der Waals surface area (Å²) in [6, 6.07) is 13.1. The van der Waals surface area contributed by atoms with E-state index in [1.54, 1.807) is 0 Å². The number of aliphatic hydroxyl groups is 1. The molecular weight excluding hydrogens is 507 g/mol. The molecule has 0 aliphatic rings. The van der Waals surface area contributed by atoms with E-state index in [4.69, 9.17) is 0 Å². The molecule has 0 aliphatic heterocycles. The number of nitrogens with one attached hydrogen (secondary N) is 2.